The van der Waals surface area contributed by atoms with Crippen molar-refractivity contribution in [1.82, 2.24) is 4.90 Å². The molecule has 0 spiro atoms. The Labute approximate surface area is 126 Å². The highest BCUT2D eigenvalue weighted by atomic mass is 16.5. The van der Waals surface area contributed by atoms with Crippen LogP contribution in [0.4, 0.5) is 0 Å². The largest absolute Gasteiger partial charge is 0.497 e. The van der Waals surface area contributed by atoms with Crippen LogP contribution < -0.4 is 10.5 Å². The molecular formula is C18H22N2O. The average molecular weight is 282 g/mol. The monoisotopic (exact) mass is 282 g/mol. The van der Waals surface area contributed by atoms with E-state index in [4.69, 9.17) is 10.5 Å². The maximum absolute atomic E-state index is 6.35. The summed E-state index contributed by atoms with van der Waals surface area (Å²) in [5, 5.41) is 0. The zero-order chi connectivity index (χ0) is 14.7. The number of nitrogens with two attached hydrogens (primary N) is 1. The zero-order valence-electron chi connectivity index (χ0n) is 12.4. The van der Waals surface area contributed by atoms with Crippen molar-refractivity contribution in [1.29, 1.82) is 0 Å². The van der Waals surface area contributed by atoms with E-state index < -0.39 is 0 Å². The standard InChI is InChI=1S/C18H22N2O/c1-21-16-9-7-15(8-10-16)17-12-20(13-18(17)19)11-14-5-3-2-4-6-14/h2-10,17-18H,11-13,19H2,1H3. The number of hydrogen-bond donors (Lipinski definition) is 1. The summed E-state index contributed by atoms with van der Waals surface area (Å²) < 4.78 is 5.22. The van der Waals surface area contributed by atoms with Crippen LogP contribution in [0.2, 0.25) is 0 Å². The third kappa shape index (κ3) is 3.26. The van der Waals surface area contributed by atoms with Crippen molar-refractivity contribution in [2.75, 3.05) is 20.2 Å². The number of rotatable bonds is 4. The SMILES string of the molecule is COc1ccc(C2CN(Cc3ccccc3)CC2N)cc1. The van der Waals surface area contributed by atoms with E-state index in [-0.39, 0.29) is 6.04 Å². The first-order chi connectivity index (χ1) is 10.3. The lowest BCUT2D eigenvalue weighted by molar-refractivity contribution is 0.324. The fourth-order valence-electron chi connectivity index (χ4n) is 3.09. The van der Waals surface area contributed by atoms with E-state index in [1.54, 1.807) is 7.11 Å². The molecule has 0 aliphatic carbocycles. The Bertz CT molecular complexity index is 568. The first-order valence-corrected chi connectivity index (χ1v) is 7.42. The highest BCUT2D eigenvalue weighted by Crippen LogP contribution is 2.28. The molecule has 2 unspecified atom stereocenters. The van der Waals surface area contributed by atoms with E-state index in [2.05, 4.69) is 47.4 Å². The third-order valence-corrected chi connectivity index (χ3v) is 4.23. The summed E-state index contributed by atoms with van der Waals surface area (Å²) in [5.74, 6) is 1.30. The van der Waals surface area contributed by atoms with Gasteiger partial charge in [0.2, 0.25) is 0 Å². The average Bonchev–Trinajstić information content (AvgIpc) is 2.89. The van der Waals surface area contributed by atoms with Crippen molar-refractivity contribution in [3.05, 3.63) is 65.7 Å². The Kier molecular flexibility index (Phi) is 4.23. The Morgan fingerprint density at radius 2 is 1.76 bits per heavy atom. The van der Waals surface area contributed by atoms with Crippen molar-refractivity contribution in [2.24, 2.45) is 5.73 Å². The molecule has 2 atom stereocenters. The van der Waals surface area contributed by atoms with Crippen LogP contribution in [-0.2, 0) is 6.54 Å². The fraction of sp³-hybridized carbons (Fsp3) is 0.333. The van der Waals surface area contributed by atoms with Crippen LogP contribution in [0.1, 0.15) is 17.0 Å². The second-order valence-electron chi connectivity index (χ2n) is 5.72. The Hall–Kier alpha value is -1.84. The minimum Gasteiger partial charge on any atom is -0.497 e. The minimum atomic E-state index is 0.196. The van der Waals surface area contributed by atoms with Gasteiger partial charge in [-0.25, -0.2) is 0 Å². The molecule has 0 aromatic heterocycles. The topological polar surface area (TPSA) is 38.5 Å². The Morgan fingerprint density at radius 1 is 1.05 bits per heavy atom. The molecule has 2 aromatic carbocycles. The lowest BCUT2D eigenvalue weighted by Gasteiger charge is -2.16. The highest BCUT2D eigenvalue weighted by molar-refractivity contribution is 5.31. The van der Waals surface area contributed by atoms with Crippen LogP contribution >= 0.6 is 0 Å². The van der Waals surface area contributed by atoms with E-state index in [0.717, 1.165) is 25.4 Å². The molecule has 0 radical (unpaired) electrons. The van der Waals surface area contributed by atoms with Crippen LogP contribution in [0.3, 0.4) is 0 Å². The van der Waals surface area contributed by atoms with Gasteiger partial charge in [0.1, 0.15) is 5.75 Å². The van der Waals surface area contributed by atoms with Crippen molar-refractivity contribution in [3.63, 3.8) is 0 Å². The van der Waals surface area contributed by atoms with Gasteiger partial charge in [-0.15, -0.1) is 0 Å². The maximum atomic E-state index is 6.35. The Balaban J connectivity index is 1.67. The van der Waals surface area contributed by atoms with Gasteiger partial charge in [-0.1, -0.05) is 42.5 Å². The molecule has 21 heavy (non-hydrogen) atoms. The van der Waals surface area contributed by atoms with Gasteiger partial charge in [-0.2, -0.15) is 0 Å². The third-order valence-electron chi connectivity index (χ3n) is 4.23. The van der Waals surface area contributed by atoms with Crippen LogP contribution in [0, 0.1) is 0 Å². The summed E-state index contributed by atoms with van der Waals surface area (Å²) in [7, 11) is 1.69. The van der Waals surface area contributed by atoms with E-state index in [1.165, 1.54) is 11.1 Å². The lowest BCUT2D eigenvalue weighted by Crippen LogP contribution is -2.28. The van der Waals surface area contributed by atoms with Crippen LogP contribution in [0.15, 0.2) is 54.6 Å². The van der Waals surface area contributed by atoms with E-state index in [1.807, 2.05) is 12.1 Å². The smallest absolute Gasteiger partial charge is 0.118 e. The van der Waals surface area contributed by atoms with Gasteiger partial charge in [0.25, 0.3) is 0 Å². The van der Waals surface area contributed by atoms with Crippen molar-refractivity contribution >= 4 is 0 Å². The number of likely N-dealkylation sites (tertiary alicyclic amines) is 1. The lowest BCUT2D eigenvalue weighted by atomic mass is 9.95. The predicted molar refractivity (Wildman–Crippen MR) is 85.4 cm³/mol. The second kappa shape index (κ2) is 6.29. The number of ether oxygens (including phenoxy) is 1. The molecule has 1 aliphatic heterocycles. The number of benzene rings is 2. The second-order valence-corrected chi connectivity index (χ2v) is 5.72. The summed E-state index contributed by atoms with van der Waals surface area (Å²) in [6, 6.07) is 19.1. The summed E-state index contributed by atoms with van der Waals surface area (Å²) in [5.41, 5.74) is 9.00. The fourth-order valence-corrected chi connectivity index (χ4v) is 3.09. The first-order valence-electron chi connectivity index (χ1n) is 7.42. The van der Waals surface area contributed by atoms with Crippen molar-refractivity contribution in [2.45, 2.75) is 18.5 Å². The predicted octanol–water partition coefficient (Wildman–Crippen LogP) is 2.62. The number of nitrogens with zero attached hydrogens (tertiary/aromatic N) is 1. The van der Waals surface area contributed by atoms with Gasteiger partial charge < -0.3 is 10.5 Å². The van der Waals surface area contributed by atoms with E-state index in [0.29, 0.717) is 5.92 Å². The van der Waals surface area contributed by atoms with Gasteiger partial charge in [-0.3, -0.25) is 4.90 Å². The van der Waals surface area contributed by atoms with Crippen molar-refractivity contribution < 1.29 is 4.74 Å². The van der Waals surface area contributed by atoms with Gasteiger partial charge in [0.15, 0.2) is 0 Å². The summed E-state index contributed by atoms with van der Waals surface area (Å²) in [6.45, 7) is 2.94. The van der Waals surface area contributed by atoms with Gasteiger partial charge in [0.05, 0.1) is 7.11 Å². The van der Waals surface area contributed by atoms with Crippen LogP contribution in [-0.4, -0.2) is 31.1 Å². The molecule has 0 amide bonds. The summed E-state index contributed by atoms with van der Waals surface area (Å²) >= 11 is 0. The molecule has 3 rings (SSSR count). The molecule has 2 N–H and O–H groups in total. The molecule has 3 heteroatoms. The molecule has 2 aromatic rings. The molecule has 1 fully saturated rings. The molecule has 1 aliphatic rings. The first kappa shape index (κ1) is 14.1. The number of hydrogen-bond acceptors (Lipinski definition) is 3. The normalized spacial score (nSPS) is 22.4. The van der Waals surface area contributed by atoms with E-state index in [9.17, 15) is 0 Å². The van der Waals surface area contributed by atoms with Crippen LogP contribution in [0.5, 0.6) is 5.75 Å². The zero-order valence-corrected chi connectivity index (χ0v) is 12.4. The van der Waals surface area contributed by atoms with Crippen LogP contribution in [0.25, 0.3) is 0 Å². The molecule has 3 nitrogen and oxygen atoms in total. The maximum Gasteiger partial charge on any atom is 0.118 e. The summed E-state index contributed by atoms with van der Waals surface area (Å²) in [6.07, 6.45) is 0. The number of methoxy groups -OCH3 is 1. The minimum absolute atomic E-state index is 0.196. The van der Waals surface area contributed by atoms with Gasteiger partial charge in [0, 0.05) is 31.6 Å². The quantitative estimate of drug-likeness (QED) is 0.937. The molecule has 1 heterocycles. The summed E-state index contributed by atoms with van der Waals surface area (Å²) in [4.78, 5) is 2.44. The van der Waals surface area contributed by atoms with Gasteiger partial charge >= 0.3 is 0 Å². The molecule has 0 saturated carbocycles. The van der Waals surface area contributed by atoms with Gasteiger partial charge in [-0.05, 0) is 23.3 Å². The molecular weight excluding hydrogens is 260 g/mol. The van der Waals surface area contributed by atoms with E-state index >= 15 is 0 Å². The molecule has 0 bridgehead atoms. The van der Waals surface area contributed by atoms with Crippen molar-refractivity contribution in [3.8, 4) is 5.75 Å². The highest BCUT2D eigenvalue weighted by Gasteiger charge is 2.31. The molecule has 110 valence electrons. The Morgan fingerprint density at radius 3 is 2.43 bits per heavy atom. The molecule has 1 saturated heterocycles.